The zero-order valence-electron chi connectivity index (χ0n) is 10.5. The van der Waals surface area contributed by atoms with E-state index in [0.717, 1.165) is 5.92 Å². The molecule has 4 saturated carbocycles. The molecule has 0 heterocycles. The SMILES string of the molecule is Br[C@@]12CC3CC(c4ccccc4)(C1)C[C@@](Br)(C3)C2. The Morgan fingerprint density at radius 2 is 1.44 bits per heavy atom. The van der Waals surface area contributed by atoms with Crippen molar-refractivity contribution in [2.24, 2.45) is 5.92 Å². The second-order valence-corrected chi connectivity index (χ2v) is 10.3. The van der Waals surface area contributed by atoms with E-state index in [1.807, 2.05) is 0 Å². The Bertz CT molecular complexity index is 463. The number of benzene rings is 1. The van der Waals surface area contributed by atoms with Gasteiger partial charge in [0.1, 0.15) is 0 Å². The molecule has 0 unspecified atom stereocenters. The third-order valence-electron chi connectivity index (χ3n) is 5.32. The lowest BCUT2D eigenvalue weighted by Gasteiger charge is -2.63. The van der Waals surface area contributed by atoms with Crippen molar-refractivity contribution in [2.75, 3.05) is 0 Å². The highest BCUT2D eigenvalue weighted by molar-refractivity contribution is 9.10. The molecule has 18 heavy (non-hydrogen) atoms. The van der Waals surface area contributed by atoms with Gasteiger partial charge in [0.15, 0.2) is 0 Å². The van der Waals surface area contributed by atoms with Gasteiger partial charge in [0.25, 0.3) is 0 Å². The molecule has 0 spiro atoms. The van der Waals surface area contributed by atoms with E-state index in [1.54, 1.807) is 5.56 Å². The molecule has 0 nitrogen and oxygen atoms in total. The normalized spacial score (nSPS) is 49.6. The Morgan fingerprint density at radius 3 is 2.00 bits per heavy atom. The van der Waals surface area contributed by atoms with Crippen molar-refractivity contribution < 1.29 is 0 Å². The Hall–Kier alpha value is 0.180. The maximum absolute atomic E-state index is 4.10. The average molecular weight is 370 g/mol. The van der Waals surface area contributed by atoms with Gasteiger partial charge >= 0.3 is 0 Å². The second kappa shape index (κ2) is 3.63. The molecule has 1 aromatic rings. The van der Waals surface area contributed by atoms with E-state index in [0.29, 0.717) is 14.1 Å². The minimum absolute atomic E-state index is 0.395. The summed E-state index contributed by atoms with van der Waals surface area (Å²) in [5, 5.41) is 0. The van der Waals surface area contributed by atoms with Crippen LogP contribution in [0.4, 0.5) is 0 Å². The highest BCUT2D eigenvalue weighted by Gasteiger charge is 2.62. The molecule has 1 aromatic carbocycles. The van der Waals surface area contributed by atoms with Crippen LogP contribution in [0.1, 0.15) is 44.1 Å². The standard InChI is InChI=1S/C16H18Br2/c17-15-7-12-6-14(9-15,10-16(18,8-12)11-15)13-4-2-1-3-5-13/h1-5,12H,6-11H2/t12?,14?,15-,16-/m0/s1. The molecule has 96 valence electrons. The highest BCUT2D eigenvalue weighted by Crippen LogP contribution is 2.68. The zero-order valence-corrected chi connectivity index (χ0v) is 13.6. The predicted octanol–water partition coefficient (Wildman–Crippen LogP) is 5.19. The molecule has 4 aliphatic carbocycles. The fourth-order valence-corrected chi connectivity index (χ4v) is 8.76. The van der Waals surface area contributed by atoms with Gasteiger partial charge in [0.05, 0.1) is 0 Å². The van der Waals surface area contributed by atoms with Gasteiger partial charge in [0.2, 0.25) is 0 Å². The van der Waals surface area contributed by atoms with Crippen LogP contribution in [0.15, 0.2) is 30.3 Å². The molecule has 0 N–H and O–H groups in total. The minimum Gasteiger partial charge on any atom is -0.0852 e. The number of rotatable bonds is 1. The largest absolute Gasteiger partial charge is 0.0852 e. The first kappa shape index (κ1) is 12.0. The molecular weight excluding hydrogens is 352 g/mol. The molecule has 5 rings (SSSR count). The zero-order chi connectivity index (χ0) is 12.4. The van der Waals surface area contributed by atoms with E-state index < -0.39 is 0 Å². The maximum atomic E-state index is 4.10. The Kier molecular flexibility index (Phi) is 2.41. The molecular formula is C16H18Br2. The third kappa shape index (κ3) is 1.67. The van der Waals surface area contributed by atoms with E-state index in [-0.39, 0.29) is 0 Å². The van der Waals surface area contributed by atoms with Gasteiger partial charge in [-0.3, -0.25) is 0 Å². The van der Waals surface area contributed by atoms with E-state index in [4.69, 9.17) is 0 Å². The fraction of sp³-hybridized carbons (Fsp3) is 0.625. The van der Waals surface area contributed by atoms with Crippen LogP contribution in [0.25, 0.3) is 0 Å². The van der Waals surface area contributed by atoms with E-state index in [2.05, 4.69) is 62.2 Å². The summed E-state index contributed by atoms with van der Waals surface area (Å²) in [6.45, 7) is 0. The molecule has 4 aliphatic rings. The quantitative estimate of drug-likeness (QED) is 0.597. The van der Waals surface area contributed by atoms with Crippen molar-refractivity contribution >= 4 is 31.9 Å². The van der Waals surface area contributed by atoms with E-state index in [9.17, 15) is 0 Å². The molecule has 0 aliphatic heterocycles. The number of hydrogen-bond acceptors (Lipinski definition) is 0. The molecule has 2 atom stereocenters. The molecule has 0 amide bonds. The topological polar surface area (TPSA) is 0 Å². The van der Waals surface area contributed by atoms with Gasteiger partial charge in [-0.25, -0.2) is 0 Å². The van der Waals surface area contributed by atoms with Crippen LogP contribution >= 0.6 is 31.9 Å². The monoisotopic (exact) mass is 368 g/mol. The summed E-state index contributed by atoms with van der Waals surface area (Å²) in [6.07, 6.45) is 8.13. The summed E-state index contributed by atoms with van der Waals surface area (Å²) >= 11 is 8.19. The minimum atomic E-state index is 0.395. The number of halogens is 2. The summed E-state index contributed by atoms with van der Waals surface area (Å²) in [4.78, 5) is 0. The molecule has 2 heteroatoms. The van der Waals surface area contributed by atoms with Crippen LogP contribution in [0.2, 0.25) is 0 Å². The van der Waals surface area contributed by atoms with Gasteiger partial charge < -0.3 is 0 Å². The lowest BCUT2D eigenvalue weighted by Crippen LogP contribution is -2.60. The van der Waals surface area contributed by atoms with E-state index in [1.165, 1.54) is 38.5 Å². The van der Waals surface area contributed by atoms with Gasteiger partial charge in [-0.15, -0.1) is 0 Å². The smallest absolute Gasteiger partial charge is 0.0282 e. The first-order valence-electron chi connectivity index (χ1n) is 6.95. The summed E-state index contributed by atoms with van der Waals surface area (Å²) < 4.78 is 0.789. The van der Waals surface area contributed by atoms with Crippen LogP contribution in [0.3, 0.4) is 0 Å². The maximum Gasteiger partial charge on any atom is 0.0282 e. The molecule has 0 saturated heterocycles. The van der Waals surface area contributed by atoms with E-state index >= 15 is 0 Å². The van der Waals surface area contributed by atoms with Crippen molar-refractivity contribution in [1.82, 2.24) is 0 Å². The highest BCUT2D eigenvalue weighted by atomic mass is 79.9. The van der Waals surface area contributed by atoms with Crippen LogP contribution in [0, 0.1) is 5.92 Å². The van der Waals surface area contributed by atoms with Gasteiger partial charge in [-0.1, -0.05) is 62.2 Å². The van der Waals surface area contributed by atoms with Gasteiger partial charge in [-0.2, -0.15) is 0 Å². The fourth-order valence-electron chi connectivity index (χ4n) is 5.32. The molecule has 4 fully saturated rings. The average Bonchev–Trinajstić information content (AvgIpc) is 2.25. The second-order valence-electron chi connectivity index (χ2n) is 6.96. The van der Waals surface area contributed by atoms with Crippen molar-refractivity contribution in [3.63, 3.8) is 0 Å². The molecule has 4 bridgehead atoms. The Labute approximate surface area is 126 Å². The summed E-state index contributed by atoms with van der Waals surface area (Å²) in [5.74, 6) is 0.903. The summed E-state index contributed by atoms with van der Waals surface area (Å²) in [5.41, 5.74) is 2.00. The molecule has 0 radical (unpaired) electrons. The number of hydrogen-bond donors (Lipinski definition) is 0. The summed E-state index contributed by atoms with van der Waals surface area (Å²) in [6, 6.07) is 11.2. The Balaban J connectivity index is 1.83. The van der Waals surface area contributed by atoms with Gasteiger partial charge in [0, 0.05) is 8.65 Å². The van der Waals surface area contributed by atoms with Crippen LogP contribution in [0.5, 0.6) is 0 Å². The van der Waals surface area contributed by atoms with Crippen LogP contribution < -0.4 is 0 Å². The van der Waals surface area contributed by atoms with Crippen molar-refractivity contribution in [1.29, 1.82) is 0 Å². The Morgan fingerprint density at radius 1 is 0.833 bits per heavy atom. The number of alkyl halides is 2. The lowest BCUT2D eigenvalue weighted by molar-refractivity contribution is 0.0358. The van der Waals surface area contributed by atoms with Crippen LogP contribution in [-0.4, -0.2) is 8.65 Å². The lowest BCUT2D eigenvalue weighted by atomic mass is 9.48. The van der Waals surface area contributed by atoms with Crippen molar-refractivity contribution in [3.05, 3.63) is 35.9 Å². The van der Waals surface area contributed by atoms with Crippen molar-refractivity contribution in [3.8, 4) is 0 Å². The first-order chi connectivity index (χ1) is 8.51. The first-order valence-corrected chi connectivity index (χ1v) is 8.53. The van der Waals surface area contributed by atoms with Gasteiger partial charge in [-0.05, 0) is 55.4 Å². The predicted molar refractivity (Wildman–Crippen MR) is 82.6 cm³/mol. The van der Waals surface area contributed by atoms with Crippen LogP contribution in [-0.2, 0) is 5.41 Å². The third-order valence-corrected chi connectivity index (χ3v) is 7.09. The summed E-state index contributed by atoms with van der Waals surface area (Å²) in [7, 11) is 0. The van der Waals surface area contributed by atoms with Crippen molar-refractivity contribution in [2.45, 2.75) is 52.6 Å². The molecule has 0 aromatic heterocycles.